The Kier molecular flexibility index (Phi) is 3.73. The number of hydrogen-bond acceptors (Lipinski definition) is 4. The van der Waals surface area contributed by atoms with Crippen LogP contribution in [0, 0.1) is 0 Å². The van der Waals surface area contributed by atoms with E-state index in [0.717, 1.165) is 37.9 Å². The van der Waals surface area contributed by atoms with Crippen molar-refractivity contribution in [3.05, 3.63) is 42.2 Å². The average molecular weight is 351 g/mol. The van der Waals surface area contributed by atoms with E-state index in [1.54, 1.807) is 6.33 Å². The van der Waals surface area contributed by atoms with E-state index in [1.807, 2.05) is 9.58 Å². The maximum absolute atomic E-state index is 12.8. The average Bonchev–Trinajstić information content (AvgIpc) is 3.20. The van der Waals surface area contributed by atoms with Crippen molar-refractivity contribution >= 4 is 5.91 Å². The van der Waals surface area contributed by atoms with Gasteiger partial charge in [0.15, 0.2) is 0 Å². The van der Waals surface area contributed by atoms with E-state index in [2.05, 4.69) is 15.1 Å². The third-order valence-electron chi connectivity index (χ3n) is 5.05. The second kappa shape index (κ2) is 5.82. The summed E-state index contributed by atoms with van der Waals surface area (Å²) >= 11 is 0. The number of pyridine rings is 1. The molecule has 0 radical (unpaired) electrons. The smallest absolute Gasteiger partial charge is 0.332 e. The number of rotatable bonds is 2. The first-order chi connectivity index (χ1) is 11.9. The summed E-state index contributed by atoms with van der Waals surface area (Å²) in [6.45, 7) is 0. The monoisotopic (exact) mass is 351 g/mol. The first-order valence-electron chi connectivity index (χ1n) is 8.13. The number of nitrogens with zero attached hydrogens (tertiary/aromatic N) is 5. The van der Waals surface area contributed by atoms with Crippen molar-refractivity contribution in [3.63, 3.8) is 0 Å². The van der Waals surface area contributed by atoms with Crippen LogP contribution in [-0.4, -0.2) is 42.6 Å². The zero-order valence-electron chi connectivity index (χ0n) is 13.2. The summed E-state index contributed by atoms with van der Waals surface area (Å²) in [5, 5.41) is 4.18. The highest BCUT2D eigenvalue weighted by Crippen LogP contribution is 2.41. The zero-order valence-corrected chi connectivity index (χ0v) is 13.2. The van der Waals surface area contributed by atoms with Crippen LogP contribution in [0.25, 0.3) is 0 Å². The highest BCUT2D eigenvalue weighted by molar-refractivity contribution is 5.94. The molecule has 0 spiro atoms. The Morgan fingerprint density at radius 3 is 2.36 bits per heavy atom. The van der Waals surface area contributed by atoms with Gasteiger partial charge in [0.05, 0.1) is 11.6 Å². The molecule has 2 atom stereocenters. The molecular weight excluding hydrogens is 335 g/mol. The topological polar surface area (TPSA) is 63.9 Å². The number of aromatic nitrogens is 4. The highest BCUT2D eigenvalue weighted by atomic mass is 19.4. The summed E-state index contributed by atoms with van der Waals surface area (Å²) in [5.74, 6) is -0.245. The van der Waals surface area contributed by atoms with Gasteiger partial charge < -0.3 is 4.90 Å². The molecular formula is C16H16F3N5O. The lowest BCUT2D eigenvalue weighted by molar-refractivity contribution is -0.141. The van der Waals surface area contributed by atoms with E-state index >= 15 is 0 Å². The van der Waals surface area contributed by atoms with E-state index in [-0.39, 0.29) is 29.6 Å². The fraction of sp³-hybridized carbons (Fsp3) is 0.500. The Balaban J connectivity index is 1.52. The van der Waals surface area contributed by atoms with Crippen molar-refractivity contribution in [3.8, 4) is 0 Å². The molecule has 0 N–H and O–H groups in total. The minimum absolute atomic E-state index is 0.0720. The van der Waals surface area contributed by atoms with Crippen LogP contribution in [0.5, 0.6) is 0 Å². The molecule has 2 saturated heterocycles. The Labute approximate surface area is 141 Å². The van der Waals surface area contributed by atoms with Gasteiger partial charge in [0, 0.05) is 18.3 Å². The second-order valence-electron chi connectivity index (χ2n) is 6.53. The van der Waals surface area contributed by atoms with E-state index in [9.17, 15) is 18.0 Å². The molecule has 2 fully saturated rings. The predicted octanol–water partition coefficient (Wildman–Crippen LogP) is 2.70. The van der Waals surface area contributed by atoms with Crippen molar-refractivity contribution < 1.29 is 18.0 Å². The van der Waals surface area contributed by atoms with Crippen LogP contribution in [0.2, 0.25) is 0 Å². The van der Waals surface area contributed by atoms with Crippen LogP contribution in [0.3, 0.4) is 0 Å². The maximum Gasteiger partial charge on any atom is 0.433 e. The second-order valence-corrected chi connectivity index (χ2v) is 6.53. The number of alkyl halides is 3. The van der Waals surface area contributed by atoms with E-state index in [4.69, 9.17) is 0 Å². The number of halogens is 3. The van der Waals surface area contributed by atoms with Crippen LogP contribution >= 0.6 is 0 Å². The Bertz CT molecular complexity index is 745. The van der Waals surface area contributed by atoms with Gasteiger partial charge in [-0.3, -0.25) is 9.78 Å². The highest BCUT2D eigenvalue weighted by Gasteiger charge is 2.44. The van der Waals surface area contributed by atoms with Gasteiger partial charge in [0.2, 0.25) is 0 Å². The quantitative estimate of drug-likeness (QED) is 0.835. The van der Waals surface area contributed by atoms with Gasteiger partial charge in [-0.1, -0.05) is 0 Å². The molecule has 6 nitrogen and oxygen atoms in total. The molecule has 1 amide bonds. The minimum atomic E-state index is -4.50. The number of fused-ring (bicyclic) bond motifs is 2. The number of amides is 1. The van der Waals surface area contributed by atoms with Crippen LogP contribution in [0.1, 0.15) is 47.8 Å². The van der Waals surface area contributed by atoms with Crippen molar-refractivity contribution in [2.24, 2.45) is 0 Å². The standard InChI is InChI=1S/C16H16F3N5O/c17-16(18,19)14-4-1-10(7-21-14)15(25)24-11-2-3-12(24)6-13(5-11)23-9-20-8-22-23/h1,4,7-9,11-13H,2-3,5-6H2. The van der Waals surface area contributed by atoms with Gasteiger partial charge in [-0.25, -0.2) is 9.67 Å². The van der Waals surface area contributed by atoms with E-state index in [1.165, 1.54) is 12.4 Å². The molecule has 25 heavy (non-hydrogen) atoms. The molecule has 2 bridgehead atoms. The fourth-order valence-electron chi connectivity index (χ4n) is 3.94. The molecule has 4 rings (SSSR count). The lowest BCUT2D eigenvalue weighted by Gasteiger charge is -2.38. The van der Waals surface area contributed by atoms with Gasteiger partial charge in [0.25, 0.3) is 5.91 Å². The Morgan fingerprint density at radius 2 is 1.84 bits per heavy atom. The van der Waals surface area contributed by atoms with Crippen LogP contribution in [-0.2, 0) is 6.18 Å². The lowest BCUT2D eigenvalue weighted by Crippen LogP contribution is -2.47. The van der Waals surface area contributed by atoms with Crippen molar-refractivity contribution in [1.29, 1.82) is 0 Å². The first-order valence-corrected chi connectivity index (χ1v) is 8.13. The van der Waals surface area contributed by atoms with Crippen molar-refractivity contribution in [2.45, 2.75) is 50.0 Å². The molecule has 2 aromatic heterocycles. The molecule has 2 aromatic rings. The summed E-state index contributed by atoms with van der Waals surface area (Å²) < 4.78 is 39.7. The number of carbonyl (C=O) groups excluding carboxylic acids is 1. The molecule has 9 heteroatoms. The number of hydrogen-bond donors (Lipinski definition) is 0. The fourth-order valence-corrected chi connectivity index (χ4v) is 3.94. The van der Waals surface area contributed by atoms with Gasteiger partial charge in [-0.15, -0.1) is 0 Å². The predicted molar refractivity (Wildman–Crippen MR) is 80.5 cm³/mol. The maximum atomic E-state index is 12.8. The Morgan fingerprint density at radius 1 is 1.12 bits per heavy atom. The van der Waals surface area contributed by atoms with E-state index < -0.39 is 11.9 Å². The van der Waals surface area contributed by atoms with Crippen LogP contribution in [0.15, 0.2) is 31.0 Å². The number of carbonyl (C=O) groups is 1. The molecule has 2 aliphatic rings. The third kappa shape index (κ3) is 2.87. The largest absolute Gasteiger partial charge is 0.433 e. The van der Waals surface area contributed by atoms with Crippen LogP contribution < -0.4 is 0 Å². The first kappa shape index (κ1) is 16.0. The normalized spacial score (nSPS) is 26.0. The summed E-state index contributed by atoms with van der Waals surface area (Å²) in [6, 6.07) is 2.42. The third-order valence-corrected chi connectivity index (χ3v) is 5.05. The van der Waals surface area contributed by atoms with Crippen molar-refractivity contribution in [2.75, 3.05) is 0 Å². The van der Waals surface area contributed by atoms with Gasteiger partial charge >= 0.3 is 6.18 Å². The summed E-state index contributed by atoms with van der Waals surface area (Å²) in [4.78, 5) is 22.0. The summed E-state index contributed by atoms with van der Waals surface area (Å²) in [6.07, 6.45) is 3.05. The van der Waals surface area contributed by atoms with Gasteiger partial charge in [-0.05, 0) is 37.8 Å². The van der Waals surface area contributed by atoms with E-state index in [0.29, 0.717) is 0 Å². The summed E-state index contributed by atoms with van der Waals surface area (Å²) in [5.41, 5.74) is -0.791. The molecule has 0 aliphatic carbocycles. The molecule has 2 aliphatic heterocycles. The SMILES string of the molecule is O=C(c1ccc(C(F)(F)F)nc1)N1C2CCC1CC(n1cncn1)C2. The molecule has 0 aromatic carbocycles. The summed E-state index contributed by atoms with van der Waals surface area (Å²) in [7, 11) is 0. The number of piperidine rings is 1. The molecule has 0 saturated carbocycles. The van der Waals surface area contributed by atoms with Gasteiger partial charge in [-0.2, -0.15) is 18.3 Å². The molecule has 132 valence electrons. The van der Waals surface area contributed by atoms with Gasteiger partial charge in [0.1, 0.15) is 18.3 Å². The molecule has 2 unspecified atom stereocenters. The van der Waals surface area contributed by atoms with Crippen LogP contribution in [0.4, 0.5) is 13.2 Å². The molecule has 4 heterocycles. The zero-order chi connectivity index (χ0) is 17.6. The van der Waals surface area contributed by atoms with Crippen molar-refractivity contribution in [1.82, 2.24) is 24.6 Å². The Hall–Kier alpha value is -2.45. The lowest BCUT2D eigenvalue weighted by atomic mass is 9.96. The minimum Gasteiger partial charge on any atom is -0.332 e.